The predicted octanol–water partition coefficient (Wildman–Crippen LogP) is 3.93. The highest BCUT2D eigenvalue weighted by Crippen LogP contribution is 2.23. The van der Waals surface area contributed by atoms with Crippen molar-refractivity contribution < 1.29 is 9.53 Å². The van der Waals surface area contributed by atoms with E-state index in [1.54, 1.807) is 23.3 Å². The van der Waals surface area contributed by atoms with Gasteiger partial charge in [0.2, 0.25) is 0 Å². The number of methoxy groups -OCH3 is 1. The first-order valence-corrected chi connectivity index (χ1v) is 7.79. The van der Waals surface area contributed by atoms with Crippen molar-refractivity contribution in [3.8, 4) is 0 Å². The van der Waals surface area contributed by atoms with E-state index in [4.69, 9.17) is 4.74 Å². The molecule has 0 unspecified atom stereocenters. The lowest BCUT2D eigenvalue weighted by molar-refractivity contribution is 0.0781. The lowest BCUT2D eigenvalue weighted by atomic mass is 10.1. The Balaban J connectivity index is 2.14. The molecule has 2 rings (SSSR count). The third-order valence-corrected chi connectivity index (χ3v) is 4.52. The minimum atomic E-state index is 0.0159. The van der Waals surface area contributed by atoms with Crippen molar-refractivity contribution in [2.24, 2.45) is 0 Å². The second-order valence-corrected chi connectivity index (χ2v) is 7.00. The molecule has 1 aromatic heterocycles. The molecular weight excluding hydrogens is 338 g/mol. The number of hydrogen-bond acceptors (Lipinski definition) is 3. The molecule has 2 aromatic rings. The molecule has 20 heavy (non-hydrogen) atoms. The second kappa shape index (κ2) is 7.02. The average Bonchev–Trinajstić information content (AvgIpc) is 2.84. The quantitative estimate of drug-likeness (QED) is 0.814. The summed E-state index contributed by atoms with van der Waals surface area (Å²) in [7, 11) is 3.45. The zero-order valence-electron chi connectivity index (χ0n) is 11.4. The van der Waals surface area contributed by atoms with Gasteiger partial charge < -0.3 is 9.64 Å². The van der Waals surface area contributed by atoms with Gasteiger partial charge in [0.1, 0.15) is 0 Å². The maximum absolute atomic E-state index is 12.5. The van der Waals surface area contributed by atoms with Gasteiger partial charge in [0.25, 0.3) is 5.91 Å². The van der Waals surface area contributed by atoms with Gasteiger partial charge >= 0.3 is 0 Å². The number of amides is 1. The van der Waals surface area contributed by atoms with Crippen molar-refractivity contribution in [2.45, 2.75) is 13.2 Å². The van der Waals surface area contributed by atoms with Crippen LogP contribution in [0.25, 0.3) is 0 Å². The standard InChI is InChI=1S/C15H16BrNO2S/c1-17(9-12-7-8-14(16)20-12)15(18)13-6-4-3-5-11(13)10-19-2/h3-8H,9-10H2,1-2H3. The van der Waals surface area contributed by atoms with Crippen LogP contribution >= 0.6 is 27.3 Å². The minimum Gasteiger partial charge on any atom is -0.380 e. The first-order chi connectivity index (χ1) is 9.61. The van der Waals surface area contributed by atoms with E-state index >= 15 is 0 Å². The highest BCUT2D eigenvalue weighted by Gasteiger charge is 2.16. The summed E-state index contributed by atoms with van der Waals surface area (Å²) in [5.74, 6) is 0.0159. The summed E-state index contributed by atoms with van der Waals surface area (Å²) in [6.45, 7) is 1.05. The monoisotopic (exact) mass is 353 g/mol. The molecule has 1 aromatic carbocycles. The van der Waals surface area contributed by atoms with Crippen LogP contribution in [0.1, 0.15) is 20.8 Å². The van der Waals surface area contributed by atoms with Crippen molar-refractivity contribution in [3.05, 3.63) is 56.2 Å². The Kier molecular flexibility index (Phi) is 5.34. The summed E-state index contributed by atoms with van der Waals surface area (Å²) >= 11 is 5.08. The molecule has 0 aliphatic heterocycles. The van der Waals surface area contributed by atoms with E-state index in [1.807, 2.05) is 43.4 Å². The van der Waals surface area contributed by atoms with Crippen molar-refractivity contribution in [3.63, 3.8) is 0 Å². The SMILES string of the molecule is COCc1ccccc1C(=O)N(C)Cc1ccc(Br)s1. The molecular formula is C15H16BrNO2S. The Morgan fingerprint density at radius 1 is 1.30 bits per heavy atom. The van der Waals surface area contributed by atoms with Crippen LogP contribution in [-0.4, -0.2) is 25.0 Å². The summed E-state index contributed by atoms with van der Waals surface area (Å²) in [4.78, 5) is 15.4. The molecule has 0 aliphatic carbocycles. The molecule has 0 spiro atoms. The second-order valence-electron chi connectivity index (χ2n) is 4.46. The minimum absolute atomic E-state index is 0.0159. The van der Waals surface area contributed by atoms with Gasteiger partial charge in [0.05, 0.1) is 16.9 Å². The fraction of sp³-hybridized carbons (Fsp3) is 0.267. The summed E-state index contributed by atoms with van der Waals surface area (Å²) in [6, 6.07) is 11.6. The first-order valence-electron chi connectivity index (χ1n) is 6.18. The van der Waals surface area contributed by atoms with Gasteiger partial charge in [-0.25, -0.2) is 0 Å². The largest absolute Gasteiger partial charge is 0.380 e. The van der Waals surface area contributed by atoms with E-state index in [2.05, 4.69) is 15.9 Å². The number of ether oxygens (including phenoxy) is 1. The lowest BCUT2D eigenvalue weighted by Gasteiger charge is -2.18. The van der Waals surface area contributed by atoms with Crippen LogP contribution in [-0.2, 0) is 17.9 Å². The zero-order valence-corrected chi connectivity index (χ0v) is 13.8. The Morgan fingerprint density at radius 3 is 2.70 bits per heavy atom. The Morgan fingerprint density at radius 2 is 2.05 bits per heavy atom. The molecule has 0 radical (unpaired) electrons. The Labute approximate surface area is 131 Å². The molecule has 1 amide bonds. The number of nitrogens with zero attached hydrogens (tertiary/aromatic N) is 1. The van der Waals surface area contributed by atoms with Crippen LogP contribution in [0.5, 0.6) is 0 Å². The van der Waals surface area contributed by atoms with E-state index in [1.165, 1.54) is 0 Å². The third kappa shape index (κ3) is 3.69. The summed E-state index contributed by atoms with van der Waals surface area (Å²) in [6.07, 6.45) is 0. The molecule has 0 N–H and O–H groups in total. The predicted molar refractivity (Wildman–Crippen MR) is 85.0 cm³/mol. The third-order valence-electron chi connectivity index (χ3n) is 2.92. The van der Waals surface area contributed by atoms with E-state index in [-0.39, 0.29) is 5.91 Å². The van der Waals surface area contributed by atoms with Crippen LogP contribution in [0.15, 0.2) is 40.2 Å². The van der Waals surface area contributed by atoms with E-state index in [9.17, 15) is 4.79 Å². The average molecular weight is 354 g/mol. The maximum Gasteiger partial charge on any atom is 0.254 e. The van der Waals surface area contributed by atoms with E-state index in [0.717, 1.165) is 14.2 Å². The maximum atomic E-state index is 12.5. The van der Waals surface area contributed by atoms with Gasteiger partial charge in [-0.1, -0.05) is 18.2 Å². The van der Waals surface area contributed by atoms with Gasteiger partial charge in [-0.05, 0) is 39.7 Å². The number of hydrogen-bond donors (Lipinski definition) is 0. The molecule has 3 nitrogen and oxygen atoms in total. The molecule has 0 bridgehead atoms. The van der Waals surface area contributed by atoms with Gasteiger partial charge in [0, 0.05) is 24.6 Å². The number of carbonyl (C=O) groups excluding carboxylic acids is 1. The zero-order chi connectivity index (χ0) is 14.5. The highest BCUT2D eigenvalue weighted by atomic mass is 79.9. The van der Waals surface area contributed by atoms with E-state index < -0.39 is 0 Å². The first kappa shape index (κ1) is 15.2. The Hall–Kier alpha value is -1.17. The topological polar surface area (TPSA) is 29.5 Å². The van der Waals surface area contributed by atoms with Crippen LogP contribution < -0.4 is 0 Å². The van der Waals surface area contributed by atoms with Crippen LogP contribution in [0.3, 0.4) is 0 Å². The van der Waals surface area contributed by atoms with Gasteiger partial charge in [0.15, 0.2) is 0 Å². The normalized spacial score (nSPS) is 10.6. The molecule has 0 saturated carbocycles. The Bertz CT molecular complexity index is 597. The fourth-order valence-electron chi connectivity index (χ4n) is 1.96. The molecule has 0 fully saturated rings. The molecule has 1 heterocycles. The van der Waals surface area contributed by atoms with Crippen LogP contribution in [0.4, 0.5) is 0 Å². The molecule has 106 valence electrons. The fourth-order valence-corrected chi connectivity index (χ4v) is 3.49. The van der Waals surface area contributed by atoms with Gasteiger partial charge in [-0.2, -0.15) is 0 Å². The van der Waals surface area contributed by atoms with Gasteiger partial charge in [-0.15, -0.1) is 11.3 Å². The molecule has 5 heteroatoms. The number of thiophene rings is 1. The molecule has 0 saturated heterocycles. The highest BCUT2D eigenvalue weighted by molar-refractivity contribution is 9.11. The number of benzene rings is 1. The summed E-state index contributed by atoms with van der Waals surface area (Å²) < 4.78 is 6.22. The summed E-state index contributed by atoms with van der Waals surface area (Å²) in [5.41, 5.74) is 1.62. The van der Waals surface area contributed by atoms with Gasteiger partial charge in [-0.3, -0.25) is 4.79 Å². The van der Waals surface area contributed by atoms with Crippen molar-refractivity contribution in [1.82, 2.24) is 4.90 Å². The van der Waals surface area contributed by atoms with Crippen molar-refractivity contribution in [1.29, 1.82) is 0 Å². The summed E-state index contributed by atoms with van der Waals surface area (Å²) in [5, 5.41) is 0. The molecule has 0 atom stereocenters. The van der Waals surface area contributed by atoms with Crippen molar-refractivity contribution >= 4 is 33.2 Å². The number of rotatable bonds is 5. The van der Waals surface area contributed by atoms with E-state index in [0.29, 0.717) is 18.7 Å². The lowest BCUT2D eigenvalue weighted by Crippen LogP contribution is -2.26. The number of halogens is 1. The smallest absolute Gasteiger partial charge is 0.254 e. The molecule has 0 aliphatic rings. The van der Waals surface area contributed by atoms with Crippen LogP contribution in [0.2, 0.25) is 0 Å². The van der Waals surface area contributed by atoms with Crippen LogP contribution in [0, 0.1) is 0 Å². The van der Waals surface area contributed by atoms with Crippen molar-refractivity contribution in [2.75, 3.05) is 14.2 Å². The number of carbonyl (C=O) groups is 1.